The average molecular weight is 295 g/mol. The molecule has 1 amide bonds. The third-order valence-corrected chi connectivity index (χ3v) is 3.16. The minimum Gasteiger partial charge on any atom is -0.484 e. The van der Waals surface area contributed by atoms with E-state index in [1.165, 1.54) is 5.56 Å². The summed E-state index contributed by atoms with van der Waals surface area (Å²) < 4.78 is 15.7. The number of hydrogen-bond donors (Lipinski definition) is 0. The Morgan fingerprint density at radius 1 is 1.10 bits per heavy atom. The Morgan fingerprint density at radius 2 is 1.71 bits per heavy atom. The molecule has 0 radical (unpaired) electrons. The molecule has 0 N–H and O–H groups in total. The number of aryl methyl sites for hydroxylation is 2. The van der Waals surface area contributed by atoms with Crippen molar-refractivity contribution in [2.24, 2.45) is 0 Å². The SMILES string of the molecule is COCCN(CCOC)C(=O)COc1ccc(C)cc1C. The van der Waals surface area contributed by atoms with Gasteiger partial charge in [-0.3, -0.25) is 4.79 Å². The number of nitrogens with zero attached hydrogens (tertiary/aromatic N) is 1. The van der Waals surface area contributed by atoms with E-state index >= 15 is 0 Å². The van der Waals surface area contributed by atoms with E-state index in [0.717, 1.165) is 11.3 Å². The van der Waals surface area contributed by atoms with Crippen LogP contribution in [-0.4, -0.2) is 57.9 Å². The van der Waals surface area contributed by atoms with E-state index < -0.39 is 0 Å². The maximum Gasteiger partial charge on any atom is 0.260 e. The van der Waals surface area contributed by atoms with Crippen molar-refractivity contribution in [1.82, 2.24) is 4.90 Å². The summed E-state index contributed by atoms with van der Waals surface area (Å²) in [4.78, 5) is 13.9. The van der Waals surface area contributed by atoms with Crippen molar-refractivity contribution in [3.63, 3.8) is 0 Å². The summed E-state index contributed by atoms with van der Waals surface area (Å²) in [5, 5.41) is 0. The van der Waals surface area contributed by atoms with Crippen LogP contribution in [0, 0.1) is 13.8 Å². The average Bonchev–Trinajstić information content (AvgIpc) is 2.46. The van der Waals surface area contributed by atoms with Crippen molar-refractivity contribution in [1.29, 1.82) is 0 Å². The van der Waals surface area contributed by atoms with Crippen LogP contribution in [0.4, 0.5) is 0 Å². The molecule has 0 aliphatic rings. The number of carbonyl (C=O) groups is 1. The second-order valence-corrected chi connectivity index (χ2v) is 4.92. The summed E-state index contributed by atoms with van der Waals surface area (Å²) in [6.45, 7) is 6.10. The van der Waals surface area contributed by atoms with Crippen molar-refractivity contribution < 1.29 is 19.0 Å². The highest BCUT2D eigenvalue weighted by atomic mass is 16.5. The molecule has 1 rings (SSSR count). The van der Waals surface area contributed by atoms with Crippen molar-refractivity contribution in [3.05, 3.63) is 29.3 Å². The van der Waals surface area contributed by atoms with Gasteiger partial charge in [-0.2, -0.15) is 0 Å². The fraction of sp³-hybridized carbons (Fsp3) is 0.562. The minimum absolute atomic E-state index is 0.0251. The van der Waals surface area contributed by atoms with E-state index in [9.17, 15) is 4.79 Å². The van der Waals surface area contributed by atoms with Gasteiger partial charge < -0.3 is 19.1 Å². The quantitative estimate of drug-likeness (QED) is 0.697. The molecule has 0 fully saturated rings. The number of amides is 1. The predicted molar refractivity (Wildman–Crippen MR) is 81.7 cm³/mol. The lowest BCUT2D eigenvalue weighted by atomic mass is 10.1. The molecule has 0 bridgehead atoms. The van der Waals surface area contributed by atoms with Crippen LogP contribution >= 0.6 is 0 Å². The highest BCUT2D eigenvalue weighted by molar-refractivity contribution is 5.77. The number of ether oxygens (including phenoxy) is 3. The van der Waals surface area contributed by atoms with E-state index in [4.69, 9.17) is 14.2 Å². The molecular weight excluding hydrogens is 270 g/mol. The molecule has 0 heterocycles. The number of benzene rings is 1. The van der Waals surface area contributed by atoms with Gasteiger partial charge in [-0.05, 0) is 25.5 Å². The molecule has 0 saturated carbocycles. The molecule has 0 spiro atoms. The van der Waals surface area contributed by atoms with E-state index in [0.29, 0.717) is 26.3 Å². The molecule has 0 aliphatic carbocycles. The van der Waals surface area contributed by atoms with Crippen LogP contribution in [0.5, 0.6) is 5.75 Å². The second-order valence-electron chi connectivity index (χ2n) is 4.92. The first-order valence-electron chi connectivity index (χ1n) is 7.04. The maximum atomic E-state index is 12.2. The summed E-state index contributed by atoms with van der Waals surface area (Å²) in [7, 11) is 3.23. The lowest BCUT2D eigenvalue weighted by Gasteiger charge is -2.22. The van der Waals surface area contributed by atoms with Gasteiger partial charge in [0.1, 0.15) is 5.75 Å². The molecular formula is C16H25NO4. The largest absolute Gasteiger partial charge is 0.484 e. The standard InChI is InChI=1S/C16H25NO4/c1-13-5-6-15(14(2)11-13)21-12-16(18)17(7-9-19-3)8-10-20-4/h5-6,11H,7-10,12H2,1-4H3. The van der Waals surface area contributed by atoms with Crippen molar-refractivity contribution in [2.45, 2.75) is 13.8 Å². The highest BCUT2D eigenvalue weighted by Gasteiger charge is 2.14. The molecule has 21 heavy (non-hydrogen) atoms. The fourth-order valence-electron chi connectivity index (χ4n) is 1.96. The number of hydrogen-bond acceptors (Lipinski definition) is 4. The minimum atomic E-state index is -0.0657. The second kappa shape index (κ2) is 9.37. The summed E-state index contributed by atoms with van der Waals surface area (Å²) in [5.41, 5.74) is 2.20. The van der Waals surface area contributed by atoms with E-state index in [1.54, 1.807) is 19.1 Å². The van der Waals surface area contributed by atoms with Gasteiger partial charge in [-0.15, -0.1) is 0 Å². The molecule has 118 valence electrons. The van der Waals surface area contributed by atoms with Gasteiger partial charge in [0.05, 0.1) is 13.2 Å². The third kappa shape index (κ3) is 6.14. The molecule has 0 aromatic heterocycles. The Bertz CT molecular complexity index is 440. The first-order chi connectivity index (χ1) is 10.1. The first-order valence-corrected chi connectivity index (χ1v) is 7.04. The Morgan fingerprint density at radius 3 is 2.24 bits per heavy atom. The molecule has 0 unspecified atom stereocenters. The maximum absolute atomic E-state index is 12.2. The van der Waals surface area contributed by atoms with Crippen LogP contribution in [0.1, 0.15) is 11.1 Å². The van der Waals surface area contributed by atoms with E-state index in [1.807, 2.05) is 32.0 Å². The Hall–Kier alpha value is -1.59. The van der Waals surface area contributed by atoms with Crippen LogP contribution < -0.4 is 4.74 Å². The van der Waals surface area contributed by atoms with Crippen LogP contribution in [0.15, 0.2) is 18.2 Å². The summed E-state index contributed by atoms with van der Waals surface area (Å²) in [6, 6.07) is 5.90. The first kappa shape index (κ1) is 17.5. The van der Waals surface area contributed by atoms with Crippen molar-refractivity contribution in [3.8, 4) is 5.75 Å². The summed E-state index contributed by atoms with van der Waals surface area (Å²) in [5.74, 6) is 0.677. The molecule has 0 aliphatic heterocycles. The van der Waals surface area contributed by atoms with Gasteiger partial charge in [0.2, 0.25) is 0 Å². The van der Waals surface area contributed by atoms with E-state index in [-0.39, 0.29) is 12.5 Å². The molecule has 0 atom stereocenters. The molecule has 1 aromatic carbocycles. The van der Waals surface area contributed by atoms with Gasteiger partial charge in [0.25, 0.3) is 5.91 Å². The number of carbonyl (C=O) groups excluding carboxylic acids is 1. The molecule has 5 heteroatoms. The molecule has 5 nitrogen and oxygen atoms in total. The topological polar surface area (TPSA) is 48.0 Å². The lowest BCUT2D eigenvalue weighted by Crippen LogP contribution is -2.39. The van der Waals surface area contributed by atoms with Crippen LogP contribution in [-0.2, 0) is 14.3 Å². The predicted octanol–water partition coefficient (Wildman–Crippen LogP) is 1.80. The van der Waals surface area contributed by atoms with Crippen LogP contribution in [0.25, 0.3) is 0 Å². The van der Waals surface area contributed by atoms with Crippen LogP contribution in [0.3, 0.4) is 0 Å². The van der Waals surface area contributed by atoms with Gasteiger partial charge in [0, 0.05) is 27.3 Å². The Balaban J connectivity index is 2.55. The van der Waals surface area contributed by atoms with Gasteiger partial charge in [-0.1, -0.05) is 17.7 Å². The fourth-order valence-corrected chi connectivity index (χ4v) is 1.96. The van der Waals surface area contributed by atoms with Gasteiger partial charge >= 0.3 is 0 Å². The summed E-state index contributed by atoms with van der Waals surface area (Å²) in [6.07, 6.45) is 0. The van der Waals surface area contributed by atoms with Crippen molar-refractivity contribution >= 4 is 5.91 Å². The van der Waals surface area contributed by atoms with Crippen LogP contribution in [0.2, 0.25) is 0 Å². The Labute approximate surface area is 126 Å². The van der Waals surface area contributed by atoms with Gasteiger partial charge in [-0.25, -0.2) is 0 Å². The van der Waals surface area contributed by atoms with Crippen molar-refractivity contribution in [2.75, 3.05) is 47.1 Å². The smallest absolute Gasteiger partial charge is 0.260 e. The lowest BCUT2D eigenvalue weighted by molar-refractivity contribution is -0.134. The zero-order valence-corrected chi connectivity index (χ0v) is 13.3. The zero-order valence-electron chi connectivity index (χ0n) is 13.3. The normalized spacial score (nSPS) is 10.5. The molecule has 1 aromatic rings. The van der Waals surface area contributed by atoms with E-state index in [2.05, 4.69) is 0 Å². The number of methoxy groups -OCH3 is 2. The highest BCUT2D eigenvalue weighted by Crippen LogP contribution is 2.18. The van der Waals surface area contributed by atoms with Gasteiger partial charge in [0.15, 0.2) is 6.61 Å². The summed E-state index contributed by atoms with van der Waals surface area (Å²) >= 11 is 0. The monoisotopic (exact) mass is 295 g/mol. The number of rotatable bonds is 9. The Kier molecular flexibility index (Phi) is 7.79. The third-order valence-electron chi connectivity index (χ3n) is 3.16. The zero-order chi connectivity index (χ0) is 15.7. The molecule has 0 saturated heterocycles.